The van der Waals surface area contributed by atoms with Gasteiger partial charge in [0, 0.05) is 17.5 Å². The molecule has 5 atom stereocenters. The van der Waals surface area contributed by atoms with Crippen LogP contribution in [0.2, 0.25) is 0 Å². The lowest BCUT2D eigenvalue weighted by atomic mass is 9.86. The zero-order chi connectivity index (χ0) is 27.1. The number of nitrogens with zero attached hydrogens (tertiary/aromatic N) is 4. The van der Waals surface area contributed by atoms with E-state index in [0.29, 0.717) is 25.7 Å². The van der Waals surface area contributed by atoms with Crippen molar-refractivity contribution in [1.82, 2.24) is 20.9 Å². The molecule has 200 valence electrons. The van der Waals surface area contributed by atoms with Gasteiger partial charge >= 0.3 is 0 Å². The van der Waals surface area contributed by atoms with Crippen molar-refractivity contribution < 1.29 is 14.4 Å². The van der Waals surface area contributed by atoms with E-state index in [9.17, 15) is 14.4 Å². The van der Waals surface area contributed by atoms with Gasteiger partial charge in [-0.1, -0.05) is 72.7 Å². The number of hydrogen-bond acceptors (Lipinski definition) is 5. The Kier molecular flexibility index (Phi) is 8.99. The predicted octanol–water partition coefficient (Wildman–Crippen LogP) is 3.06. The maximum Gasteiger partial charge on any atom is 0.246 e. The number of fused-ring (bicyclic) bond motifs is 1. The minimum Gasteiger partial charge on any atom is -0.343 e. The first-order chi connectivity index (χ1) is 18.5. The van der Waals surface area contributed by atoms with E-state index in [1.807, 2.05) is 67.6 Å². The summed E-state index contributed by atoms with van der Waals surface area (Å²) in [6.45, 7) is 1.99. The van der Waals surface area contributed by atoms with Gasteiger partial charge in [-0.05, 0) is 55.3 Å². The first-order valence-corrected chi connectivity index (χ1v) is 13.2. The van der Waals surface area contributed by atoms with Gasteiger partial charge in [0.1, 0.15) is 12.1 Å². The van der Waals surface area contributed by atoms with Crippen LogP contribution in [0.1, 0.15) is 49.8 Å². The van der Waals surface area contributed by atoms with E-state index in [-0.39, 0.29) is 42.3 Å². The van der Waals surface area contributed by atoms with E-state index in [4.69, 9.17) is 5.53 Å². The molecule has 0 aliphatic carbocycles. The molecule has 2 aromatic carbocycles. The number of carbonyl (C=O) groups is 3. The third-order valence-corrected chi connectivity index (χ3v) is 7.67. The van der Waals surface area contributed by atoms with Crippen molar-refractivity contribution in [3.8, 4) is 0 Å². The number of amides is 3. The Labute approximate surface area is 222 Å². The van der Waals surface area contributed by atoms with Crippen molar-refractivity contribution in [2.24, 2.45) is 11.0 Å². The molecule has 0 radical (unpaired) electrons. The Balaban J connectivity index is 1.57. The SMILES string of the molecule is CC[C@H](NC)C(=O)N[C@@H]1C(=O)N2C(CC[C@H]2C(=O)NC(c2ccccc2)c2ccccc2)C[C@@H]1CN=[N+]=[N-]. The topological polar surface area (TPSA) is 139 Å². The van der Waals surface area contributed by atoms with E-state index in [1.54, 1.807) is 11.9 Å². The van der Waals surface area contributed by atoms with Gasteiger partial charge in [0.15, 0.2) is 0 Å². The minimum atomic E-state index is -0.862. The molecule has 3 amide bonds. The standard InChI is InChI=1S/C28H35N7O3/c1-3-22(30-2)26(36)33-25-20(17-31-34-29)16-21-14-15-23(35(21)28(25)38)27(37)32-24(18-10-6-4-7-11-18)19-12-8-5-9-13-19/h4-13,20-25,30H,3,14-17H2,1-2H3,(H,32,37)(H,33,36)/t20-,21?,22+,23+,25+/m1/s1. The Morgan fingerprint density at radius 1 is 1.08 bits per heavy atom. The second-order valence-electron chi connectivity index (χ2n) is 9.90. The molecule has 4 rings (SSSR count). The number of nitrogens with one attached hydrogen (secondary N) is 3. The number of azide groups is 1. The zero-order valence-corrected chi connectivity index (χ0v) is 21.8. The van der Waals surface area contributed by atoms with E-state index >= 15 is 0 Å². The number of piperidine rings is 1. The average Bonchev–Trinajstić information content (AvgIpc) is 3.38. The zero-order valence-electron chi connectivity index (χ0n) is 21.8. The normalized spacial score (nSPS) is 23.3. The third kappa shape index (κ3) is 5.82. The third-order valence-electron chi connectivity index (χ3n) is 7.67. The fourth-order valence-corrected chi connectivity index (χ4v) is 5.72. The molecule has 0 bridgehead atoms. The summed E-state index contributed by atoms with van der Waals surface area (Å²) < 4.78 is 0. The Hall–Kier alpha value is -3.88. The molecule has 10 nitrogen and oxygen atoms in total. The first-order valence-electron chi connectivity index (χ1n) is 13.2. The van der Waals surface area contributed by atoms with E-state index in [0.717, 1.165) is 11.1 Å². The Morgan fingerprint density at radius 3 is 2.26 bits per heavy atom. The second-order valence-corrected chi connectivity index (χ2v) is 9.90. The van der Waals surface area contributed by atoms with Crippen molar-refractivity contribution in [3.05, 3.63) is 82.2 Å². The van der Waals surface area contributed by atoms with Crippen molar-refractivity contribution in [3.63, 3.8) is 0 Å². The highest BCUT2D eigenvalue weighted by Crippen LogP contribution is 2.36. The number of carbonyl (C=O) groups excluding carboxylic acids is 3. The lowest BCUT2D eigenvalue weighted by Gasteiger charge is -2.42. The van der Waals surface area contributed by atoms with Gasteiger partial charge in [-0.15, -0.1) is 0 Å². The van der Waals surface area contributed by atoms with Crippen LogP contribution in [0.3, 0.4) is 0 Å². The van der Waals surface area contributed by atoms with Gasteiger partial charge in [-0.2, -0.15) is 0 Å². The lowest BCUT2D eigenvalue weighted by molar-refractivity contribution is -0.148. The summed E-state index contributed by atoms with van der Waals surface area (Å²) >= 11 is 0. The lowest BCUT2D eigenvalue weighted by Crippen LogP contribution is -2.63. The molecule has 3 N–H and O–H groups in total. The number of benzene rings is 2. The molecule has 10 heteroatoms. The van der Waals surface area contributed by atoms with Gasteiger partial charge in [0.2, 0.25) is 17.7 Å². The molecule has 1 unspecified atom stereocenters. The summed E-state index contributed by atoms with van der Waals surface area (Å²) in [6, 6.07) is 17.0. The minimum absolute atomic E-state index is 0.106. The van der Waals surface area contributed by atoms with Crippen molar-refractivity contribution in [1.29, 1.82) is 0 Å². The number of likely N-dealkylation sites (N-methyl/N-ethyl adjacent to an activating group) is 1. The maximum absolute atomic E-state index is 13.8. The van der Waals surface area contributed by atoms with Crippen LogP contribution in [0.4, 0.5) is 0 Å². The number of rotatable bonds is 10. The van der Waals surface area contributed by atoms with Gasteiger partial charge in [0.05, 0.1) is 12.1 Å². The molecule has 2 aliphatic rings. The van der Waals surface area contributed by atoms with E-state index in [2.05, 4.69) is 26.0 Å². The number of hydrogen-bond donors (Lipinski definition) is 3. The molecule has 2 aliphatic heterocycles. The summed E-state index contributed by atoms with van der Waals surface area (Å²) in [5.74, 6) is -1.14. The van der Waals surface area contributed by atoms with Gasteiger partial charge in [-0.3, -0.25) is 14.4 Å². The summed E-state index contributed by atoms with van der Waals surface area (Å²) in [5, 5.41) is 12.7. The highest BCUT2D eigenvalue weighted by molar-refractivity contribution is 5.94. The van der Waals surface area contributed by atoms with Crippen molar-refractivity contribution >= 4 is 17.7 Å². The summed E-state index contributed by atoms with van der Waals surface area (Å²) in [5.41, 5.74) is 10.8. The van der Waals surface area contributed by atoms with Crippen LogP contribution >= 0.6 is 0 Å². The molecule has 0 saturated carbocycles. The van der Waals surface area contributed by atoms with E-state index < -0.39 is 18.1 Å². The fourth-order valence-electron chi connectivity index (χ4n) is 5.72. The van der Waals surface area contributed by atoms with Gasteiger partial charge in [0.25, 0.3) is 0 Å². The van der Waals surface area contributed by atoms with Gasteiger partial charge < -0.3 is 20.9 Å². The second kappa shape index (κ2) is 12.6. The molecular weight excluding hydrogens is 482 g/mol. The summed E-state index contributed by atoms with van der Waals surface area (Å²) in [6.07, 6.45) is 2.31. The van der Waals surface area contributed by atoms with Crippen molar-refractivity contribution in [2.75, 3.05) is 13.6 Å². The van der Waals surface area contributed by atoms with Crippen LogP contribution < -0.4 is 16.0 Å². The average molecular weight is 518 g/mol. The Morgan fingerprint density at radius 2 is 1.71 bits per heavy atom. The van der Waals surface area contributed by atoms with Crippen LogP contribution in [0, 0.1) is 5.92 Å². The molecule has 2 saturated heterocycles. The molecular formula is C28H35N7O3. The van der Waals surface area contributed by atoms with Crippen molar-refractivity contribution in [2.45, 2.75) is 62.8 Å². The smallest absolute Gasteiger partial charge is 0.246 e. The molecule has 0 aromatic heterocycles. The predicted molar refractivity (Wildman–Crippen MR) is 144 cm³/mol. The molecule has 38 heavy (non-hydrogen) atoms. The summed E-state index contributed by atoms with van der Waals surface area (Å²) in [4.78, 5) is 44.9. The van der Waals surface area contributed by atoms with Crippen LogP contribution in [0.25, 0.3) is 10.4 Å². The van der Waals surface area contributed by atoms with Gasteiger partial charge in [-0.25, -0.2) is 0 Å². The largest absolute Gasteiger partial charge is 0.343 e. The van der Waals surface area contributed by atoms with Crippen LogP contribution in [0.15, 0.2) is 65.8 Å². The van der Waals surface area contributed by atoms with Crippen LogP contribution in [-0.4, -0.2) is 60.4 Å². The fraction of sp³-hybridized carbons (Fsp3) is 0.464. The molecule has 2 fully saturated rings. The highest BCUT2D eigenvalue weighted by Gasteiger charge is 2.50. The molecule has 0 spiro atoms. The summed E-state index contributed by atoms with van der Waals surface area (Å²) in [7, 11) is 1.70. The van der Waals surface area contributed by atoms with Crippen LogP contribution in [-0.2, 0) is 14.4 Å². The molecule has 2 aromatic rings. The molecule has 2 heterocycles. The Bertz CT molecular complexity index is 1130. The van der Waals surface area contributed by atoms with Crippen LogP contribution in [0.5, 0.6) is 0 Å². The first kappa shape index (κ1) is 27.2. The monoisotopic (exact) mass is 517 g/mol. The highest BCUT2D eigenvalue weighted by atomic mass is 16.2. The maximum atomic E-state index is 13.8. The quantitative estimate of drug-likeness (QED) is 0.253. The van der Waals surface area contributed by atoms with E-state index in [1.165, 1.54) is 0 Å².